The Morgan fingerprint density at radius 2 is 2.00 bits per heavy atom. The molecule has 0 radical (unpaired) electrons. The van der Waals surface area contributed by atoms with Gasteiger partial charge in [-0.15, -0.1) is 0 Å². The smallest absolute Gasteiger partial charge is 0.0196 e. The Kier molecular flexibility index (Phi) is 3.45. The van der Waals surface area contributed by atoms with Crippen molar-refractivity contribution >= 4 is 0 Å². The third-order valence-corrected chi connectivity index (χ3v) is 3.45. The van der Waals surface area contributed by atoms with Crippen LogP contribution in [0.1, 0.15) is 39.0 Å². The summed E-state index contributed by atoms with van der Waals surface area (Å²) in [5, 5.41) is 0. The van der Waals surface area contributed by atoms with E-state index in [0.717, 1.165) is 18.4 Å². The average Bonchev–Trinajstić information content (AvgIpc) is 3.00. The van der Waals surface area contributed by atoms with Crippen LogP contribution in [0.5, 0.6) is 0 Å². The lowest BCUT2D eigenvalue weighted by Gasteiger charge is -2.25. The first-order valence-corrected chi connectivity index (χ1v) is 6.27. The van der Waals surface area contributed by atoms with E-state index < -0.39 is 0 Å². The SMILES string of the molecule is CCCN(CC1CC1)CC(N)C1CC1. The van der Waals surface area contributed by atoms with Crippen LogP contribution in [0.2, 0.25) is 0 Å². The molecule has 2 aliphatic carbocycles. The third-order valence-electron chi connectivity index (χ3n) is 3.45. The van der Waals surface area contributed by atoms with Crippen molar-refractivity contribution < 1.29 is 0 Å². The highest BCUT2D eigenvalue weighted by Gasteiger charge is 2.31. The molecule has 0 aromatic heterocycles. The molecular weight excluding hydrogens is 172 g/mol. The minimum absolute atomic E-state index is 0.459. The Balaban J connectivity index is 1.70. The molecule has 0 heterocycles. The lowest BCUT2D eigenvalue weighted by Crippen LogP contribution is -2.40. The third kappa shape index (κ3) is 3.25. The number of hydrogen-bond acceptors (Lipinski definition) is 2. The zero-order valence-corrected chi connectivity index (χ0v) is 9.41. The highest BCUT2D eigenvalue weighted by molar-refractivity contribution is 4.87. The molecule has 2 fully saturated rings. The molecule has 0 amide bonds. The summed E-state index contributed by atoms with van der Waals surface area (Å²) in [6.07, 6.45) is 6.94. The molecule has 0 spiro atoms. The van der Waals surface area contributed by atoms with Crippen molar-refractivity contribution in [1.29, 1.82) is 0 Å². The Hall–Kier alpha value is -0.0800. The van der Waals surface area contributed by atoms with Crippen molar-refractivity contribution in [3.8, 4) is 0 Å². The second-order valence-electron chi connectivity index (χ2n) is 5.20. The van der Waals surface area contributed by atoms with Crippen molar-refractivity contribution in [1.82, 2.24) is 4.90 Å². The van der Waals surface area contributed by atoms with E-state index in [9.17, 15) is 0 Å². The van der Waals surface area contributed by atoms with Gasteiger partial charge >= 0.3 is 0 Å². The van der Waals surface area contributed by atoms with Gasteiger partial charge in [-0.2, -0.15) is 0 Å². The van der Waals surface area contributed by atoms with E-state index in [0.29, 0.717) is 6.04 Å². The summed E-state index contributed by atoms with van der Waals surface area (Å²) in [5.41, 5.74) is 6.16. The number of nitrogens with zero attached hydrogens (tertiary/aromatic N) is 1. The van der Waals surface area contributed by atoms with Crippen LogP contribution in [-0.2, 0) is 0 Å². The summed E-state index contributed by atoms with van der Waals surface area (Å²) in [4.78, 5) is 2.60. The van der Waals surface area contributed by atoms with Crippen molar-refractivity contribution in [2.45, 2.75) is 45.1 Å². The topological polar surface area (TPSA) is 29.3 Å². The summed E-state index contributed by atoms with van der Waals surface area (Å²) in [6, 6.07) is 0.459. The van der Waals surface area contributed by atoms with E-state index in [1.807, 2.05) is 0 Å². The summed E-state index contributed by atoms with van der Waals surface area (Å²) in [7, 11) is 0. The average molecular weight is 196 g/mol. The number of hydrogen-bond donors (Lipinski definition) is 1. The summed E-state index contributed by atoms with van der Waals surface area (Å²) < 4.78 is 0. The fraction of sp³-hybridized carbons (Fsp3) is 1.00. The van der Waals surface area contributed by atoms with Crippen LogP contribution in [0, 0.1) is 11.8 Å². The lowest BCUT2D eigenvalue weighted by atomic mass is 10.2. The normalized spacial score (nSPS) is 24.2. The first-order valence-electron chi connectivity index (χ1n) is 6.27. The molecule has 0 aromatic rings. The highest BCUT2D eigenvalue weighted by Crippen LogP contribution is 2.33. The minimum atomic E-state index is 0.459. The molecule has 2 N–H and O–H groups in total. The number of rotatable bonds is 7. The van der Waals surface area contributed by atoms with Crippen LogP contribution in [0.25, 0.3) is 0 Å². The highest BCUT2D eigenvalue weighted by atomic mass is 15.1. The molecule has 2 nitrogen and oxygen atoms in total. The predicted octanol–water partition coefficient (Wildman–Crippen LogP) is 1.85. The van der Waals surface area contributed by atoms with E-state index in [-0.39, 0.29) is 0 Å². The van der Waals surface area contributed by atoms with Gasteiger partial charge in [0.1, 0.15) is 0 Å². The maximum atomic E-state index is 6.16. The van der Waals surface area contributed by atoms with Crippen LogP contribution in [0.3, 0.4) is 0 Å². The maximum Gasteiger partial charge on any atom is 0.0196 e. The van der Waals surface area contributed by atoms with Gasteiger partial charge in [-0.05, 0) is 50.5 Å². The molecule has 1 atom stereocenters. The van der Waals surface area contributed by atoms with Crippen LogP contribution in [0.15, 0.2) is 0 Å². The largest absolute Gasteiger partial charge is 0.326 e. The van der Waals surface area contributed by atoms with Crippen LogP contribution >= 0.6 is 0 Å². The van der Waals surface area contributed by atoms with E-state index >= 15 is 0 Å². The van der Waals surface area contributed by atoms with Crippen molar-refractivity contribution in [2.24, 2.45) is 17.6 Å². The van der Waals surface area contributed by atoms with E-state index in [1.54, 1.807) is 0 Å². The molecule has 0 saturated heterocycles. The molecule has 82 valence electrons. The van der Waals surface area contributed by atoms with Gasteiger partial charge in [0, 0.05) is 19.1 Å². The Bertz CT molecular complexity index is 173. The van der Waals surface area contributed by atoms with Gasteiger partial charge in [-0.3, -0.25) is 0 Å². The maximum absolute atomic E-state index is 6.16. The molecule has 2 aliphatic rings. The fourth-order valence-electron chi connectivity index (χ4n) is 2.21. The van der Waals surface area contributed by atoms with Gasteiger partial charge < -0.3 is 10.6 Å². The molecular formula is C12H24N2. The molecule has 2 saturated carbocycles. The molecule has 1 unspecified atom stereocenters. The molecule has 0 bridgehead atoms. The lowest BCUT2D eigenvalue weighted by molar-refractivity contribution is 0.239. The van der Waals surface area contributed by atoms with Gasteiger partial charge in [-0.25, -0.2) is 0 Å². The van der Waals surface area contributed by atoms with E-state index in [1.165, 1.54) is 45.2 Å². The van der Waals surface area contributed by atoms with Gasteiger partial charge in [-0.1, -0.05) is 6.92 Å². The van der Waals surface area contributed by atoms with Crippen LogP contribution < -0.4 is 5.73 Å². The first-order chi connectivity index (χ1) is 6.79. The minimum Gasteiger partial charge on any atom is -0.326 e. The standard InChI is InChI=1S/C12H24N2/c1-2-7-14(8-10-3-4-10)9-12(13)11-5-6-11/h10-12H,2-9,13H2,1H3. The molecule has 2 rings (SSSR count). The first kappa shape index (κ1) is 10.4. The summed E-state index contributed by atoms with van der Waals surface area (Å²) in [6.45, 7) is 5.97. The van der Waals surface area contributed by atoms with Crippen LogP contribution in [-0.4, -0.2) is 30.6 Å². The van der Waals surface area contributed by atoms with Gasteiger partial charge in [0.2, 0.25) is 0 Å². The Labute approximate surface area is 87.8 Å². The van der Waals surface area contributed by atoms with E-state index in [4.69, 9.17) is 5.73 Å². The Morgan fingerprint density at radius 3 is 2.50 bits per heavy atom. The number of nitrogens with two attached hydrogens (primary N) is 1. The quantitative estimate of drug-likeness (QED) is 0.673. The molecule has 14 heavy (non-hydrogen) atoms. The summed E-state index contributed by atoms with van der Waals surface area (Å²) in [5.74, 6) is 1.86. The monoisotopic (exact) mass is 196 g/mol. The molecule has 2 heteroatoms. The van der Waals surface area contributed by atoms with Gasteiger partial charge in [0.05, 0.1) is 0 Å². The van der Waals surface area contributed by atoms with Crippen LogP contribution in [0.4, 0.5) is 0 Å². The van der Waals surface area contributed by atoms with E-state index in [2.05, 4.69) is 11.8 Å². The zero-order chi connectivity index (χ0) is 9.97. The fourth-order valence-corrected chi connectivity index (χ4v) is 2.21. The van der Waals surface area contributed by atoms with Gasteiger partial charge in [0.15, 0.2) is 0 Å². The predicted molar refractivity (Wildman–Crippen MR) is 60.2 cm³/mol. The van der Waals surface area contributed by atoms with Crippen molar-refractivity contribution in [2.75, 3.05) is 19.6 Å². The molecule has 0 aromatic carbocycles. The zero-order valence-electron chi connectivity index (χ0n) is 9.41. The van der Waals surface area contributed by atoms with Crippen molar-refractivity contribution in [3.05, 3.63) is 0 Å². The summed E-state index contributed by atoms with van der Waals surface area (Å²) >= 11 is 0. The Morgan fingerprint density at radius 1 is 1.29 bits per heavy atom. The second-order valence-corrected chi connectivity index (χ2v) is 5.20. The molecule has 0 aliphatic heterocycles. The second kappa shape index (κ2) is 4.63. The van der Waals surface area contributed by atoms with Crippen molar-refractivity contribution in [3.63, 3.8) is 0 Å². The van der Waals surface area contributed by atoms with Gasteiger partial charge in [0.25, 0.3) is 0 Å².